The van der Waals surface area contributed by atoms with Crippen LogP contribution in [-0.4, -0.2) is 31.8 Å². The highest BCUT2D eigenvalue weighted by Gasteiger charge is 2.18. The minimum atomic E-state index is -0.0859. The molecule has 1 aromatic rings. The van der Waals surface area contributed by atoms with Gasteiger partial charge in [-0.15, -0.1) is 0 Å². The van der Waals surface area contributed by atoms with Crippen molar-refractivity contribution in [3.8, 4) is 5.75 Å². The Bertz CT molecular complexity index is 421. The fourth-order valence-electron chi connectivity index (χ4n) is 1.58. The molecule has 0 atom stereocenters. The molecule has 1 amide bonds. The molecule has 1 aliphatic heterocycles. The molecule has 4 heteroatoms. The second kappa shape index (κ2) is 6.21. The Morgan fingerprint density at radius 3 is 2.72 bits per heavy atom. The Morgan fingerprint density at radius 2 is 2.17 bits per heavy atom. The van der Waals surface area contributed by atoms with E-state index in [0.717, 1.165) is 11.3 Å². The molecule has 1 saturated heterocycles. The van der Waals surface area contributed by atoms with Gasteiger partial charge in [0, 0.05) is 6.08 Å². The average molecular weight is 247 g/mol. The van der Waals surface area contributed by atoms with Crippen molar-refractivity contribution in [3.05, 3.63) is 35.9 Å². The van der Waals surface area contributed by atoms with Gasteiger partial charge in [-0.3, -0.25) is 4.79 Å². The van der Waals surface area contributed by atoms with Crippen LogP contribution in [0.2, 0.25) is 0 Å². The van der Waals surface area contributed by atoms with E-state index in [1.54, 1.807) is 6.08 Å². The number of carbonyl (C=O) groups excluding carboxylic acids is 1. The molecule has 0 aromatic heterocycles. The first-order valence-corrected chi connectivity index (χ1v) is 6.07. The van der Waals surface area contributed by atoms with Crippen LogP contribution < -0.4 is 10.1 Å². The number of benzene rings is 1. The first kappa shape index (κ1) is 12.6. The first-order valence-electron chi connectivity index (χ1n) is 6.07. The van der Waals surface area contributed by atoms with Crippen LogP contribution in [0, 0.1) is 0 Å². The molecule has 1 aromatic carbocycles. The Kier molecular flexibility index (Phi) is 4.36. The van der Waals surface area contributed by atoms with Crippen LogP contribution in [0.15, 0.2) is 30.3 Å². The monoisotopic (exact) mass is 247 g/mol. The van der Waals surface area contributed by atoms with E-state index in [1.165, 1.54) is 6.08 Å². The van der Waals surface area contributed by atoms with Gasteiger partial charge in [0.15, 0.2) is 0 Å². The summed E-state index contributed by atoms with van der Waals surface area (Å²) >= 11 is 0. The smallest absolute Gasteiger partial charge is 0.244 e. The number of nitrogens with one attached hydrogen (secondary N) is 1. The van der Waals surface area contributed by atoms with Gasteiger partial charge in [0.1, 0.15) is 5.75 Å². The molecule has 0 unspecified atom stereocenters. The molecule has 4 nitrogen and oxygen atoms in total. The molecule has 0 radical (unpaired) electrons. The molecular formula is C14H17NO3. The summed E-state index contributed by atoms with van der Waals surface area (Å²) in [7, 11) is 0. The second-order valence-electron chi connectivity index (χ2n) is 4.08. The van der Waals surface area contributed by atoms with Gasteiger partial charge >= 0.3 is 0 Å². The summed E-state index contributed by atoms with van der Waals surface area (Å²) in [6, 6.07) is 7.78. The minimum absolute atomic E-state index is 0.0859. The zero-order valence-corrected chi connectivity index (χ0v) is 10.4. The molecule has 0 saturated carbocycles. The summed E-state index contributed by atoms with van der Waals surface area (Å²) in [5, 5.41) is 2.84. The van der Waals surface area contributed by atoms with Crippen LogP contribution in [0.1, 0.15) is 12.5 Å². The van der Waals surface area contributed by atoms with Crippen LogP contribution in [-0.2, 0) is 9.53 Å². The lowest BCUT2D eigenvalue weighted by Crippen LogP contribution is -2.48. The van der Waals surface area contributed by atoms with Gasteiger partial charge in [0.2, 0.25) is 5.91 Å². The molecule has 1 heterocycles. The lowest BCUT2D eigenvalue weighted by atomic mass is 10.2. The highest BCUT2D eigenvalue weighted by molar-refractivity contribution is 5.91. The molecule has 18 heavy (non-hydrogen) atoms. The number of ether oxygens (including phenoxy) is 2. The van der Waals surface area contributed by atoms with Crippen molar-refractivity contribution in [1.82, 2.24) is 5.32 Å². The maximum atomic E-state index is 11.5. The van der Waals surface area contributed by atoms with Crippen LogP contribution >= 0.6 is 0 Å². The van der Waals surface area contributed by atoms with Crippen molar-refractivity contribution in [2.24, 2.45) is 0 Å². The van der Waals surface area contributed by atoms with E-state index in [2.05, 4.69) is 5.32 Å². The van der Waals surface area contributed by atoms with Crippen molar-refractivity contribution < 1.29 is 14.3 Å². The normalized spacial score (nSPS) is 15.4. The summed E-state index contributed by atoms with van der Waals surface area (Å²) in [6.07, 6.45) is 3.32. The third-order valence-electron chi connectivity index (χ3n) is 2.60. The Balaban J connectivity index is 1.85. The lowest BCUT2D eigenvalue weighted by molar-refractivity contribution is -0.120. The molecule has 1 aliphatic rings. The molecule has 2 rings (SSSR count). The highest BCUT2D eigenvalue weighted by Crippen LogP contribution is 2.13. The number of carbonyl (C=O) groups is 1. The fraction of sp³-hybridized carbons (Fsp3) is 0.357. The van der Waals surface area contributed by atoms with Crippen LogP contribution in [0.25, 0.3) is 6.08 Å². The minimum Gasteiger partial charge on any atom is -0.494 e. The predicted octanol–water partition coefficient (Wildman–Crippen LogP) is 1.61. The zero-order chi connectivity index (χ0) is 12.8. The van der Waals surface area contributed by atoms with Crippen LogP contribution in [0.5, 0.6) is 5.75 Å². The van der Waals surface area contributed by atoms with E-state index in [4.69, 9.17) is 9.47 Å². The summed E-state index contributed by atoms with van der Waals surface area (Å²) in [5.74, 6) is 0.753. The summed E-state index contributed by atoms with van der Waals surface area (Å²) < 4.78 is 10.3. The summed E-state index contributed by atoms with van der Waals surface area (Å²) in [5.41, 5.74) is 0.971. The van der Waals surface area contributed by atoms with Crippen LogP contribution in [0.3, 0.4) is 0 Å². The molecular weight excluding hydrogens is 230 g/mol. The maximum absolute atomic E-state index is 11.5. The van der Waals surface area contributed by atoms with E-state index < -0.39 is 0 Å². The first-order chi connectivity index (χ1) is 8.78. The van der Waals surface area contributed by atoms with Gasteiger partial charge in [-0.05, 0) is 30.7 Å². The second-order valence-corrected chi connectivity index (χ2v) is 4.08. The molecule has 96 valence electrons. The third kappa shape index (κ3) is 3.60. The average Bonchev–Trinajstić information content (AvgIpc) is 2.33. The number of rotatable bonds is 5. The highest BCUT2D eigenvalue weighted by atomic mass is 16.5. The van der Waals surface area contributed by atoms with Gasteiger partial charge < -0.3 is 14.8 Å². The quantitative estimate of drug-likeness (QED) is 0.804. The van der Waals surface area contributed by atoms with E-state index in [1.807, 2.05) is 31.2 Å². The maximum Gasteiger partial charge on any atom is 0.244 e. The SMILES string of the molecule is CCOc1ccc(C=CC(=O)NC2COC2)cc1. The van der Waals surface area contributed by atoms with Gasteiger partial charge in [-0.25, -0.2) is 0 Å². The van der Waals surface area contributed by atoms with Gasteiger partial charge in [-0.2, -0.15) is 0 Å². The topological polar surface area (TPSA) is 47.6 Å². The molecule has 1 N–H and O–H groups in total. The Labute approximate surface area is 107 Å². The number of amides is 1. The van der Waals surface area contributed by atoms with Gasteiger partial charge in [0.25, 0.3) is 0 Å². The summed E-state index contributed by atoms with van der Waals surface area (Å²) in [6.45, 7) is 3.83. The van der Waals surface area contributed by atoms with Crippen molar-refractivity contribution in [1.29, 1.82) is 0 Å². The van der Waals surface area contributed by atoms with E-state index in [-0.39, 0.29) is 11.9 Å². The largest absolute Gasteiger partial charge is 0.494 e. The summed E-state index contributed by atoms with van der Waals surface area (Å²) in [4.78, 5) is 11.5. The zero-order valence-electron chi connectivity index (χ0n) is 10.4. The molecule has 1 fully saturated rings. The van der Waals surface area contributed by atoms with E-state index >= 15 is 0 Å². The van der Waals surface area contributed by atoms with Gasteiger partial charge in [0.05, 0.1) is 25.9 Å². The fourth-order valence-corrected chi connectivity index (χ4v) is 1.58. The predicted molar refractivity (Wildman–Crippen MR) is 69.4 cm³/mol. The lowest BCUT2D eigenvalue weighted by Gasteiger charge is -2.26. The van der Waals surface area contributed by atoms with E-state index in [0.29, 0.717) is 19.8 Å². The van der Waals surface area contributed by atoms with Crippen molar-refractivity contribution in [2.45, 2.75) is 13.0 Å². The van der Waals surface area contributed by atoms with Crippen molar-refractivity contribution in [2.75, 3.05) is 19.8 Å². The standard InChI is InChI=1S/C14H17NO3/c1-2-18-13-6-3-11(4-7-13)5-8-14(16)15-12-9-17-10-12/h3-8,12H,2,9-10H2,1H3,(H,15,16). The van der Waals surface area contributed by atoms with Crippen LogP contribution in [0.4, 0.5) is 0 Å². The van der Waals surface area contributed by atoms with Crippen molar-refractivity contribution >= 4 is 12.0 Å². The Morgan fingerprint density at radius 1 is 1.44 bits per heavy atom. The molecule has 0 spiro atoms. The van der Waals surface area contributed by atoms with E-state index in [9.17, 15) is 4.79 Å². The molecule has 0 aliphatic carbocycles. The number of hydrogen-bond acceptors (Lipinski definition) is 3. The number of hydrogen-bond donors (Lipinski definition) is 1. The van der Waals surface area contributed by atoms with Crippen molar-refractivity contribution in [3.63, 3.8) is 0 Å². The van der Waals surface area contributed by atoms with Gasteiger partial charge in [-0.1, -0.05) is 12.1 Å². The molecule has 0 bridgehead atoms. The third-order valence-corrected chi connectivity index (χ3v) is 2.60. The Hall–Kier alpha value is -1.81.